The van der Waals surface area contributed by atoms with E-state index in [9.17, 15) is 14.0 Å². The molecule has 2 aromatic heterocycles. The molecule has 0 spiro atoms. The summed E-state index contributed by atoms with van der Waals surface area (Å²) in [4.78, 5) is 26.7. The van der Waals surface area contributed by atoms with Crippen LogP contribution in [0.1, 0.15) is 25.0 Å². The Bertz CT molecular complexity index is 1180. The molecule has 7 heteroatoms. The SMILES string of the molecule is CC(=O)N1C[C@@H]2C[C@H](C1)c1cc(-c3nn(C)c4ccc(F)cc34)cc(=O)n1C2. The molecule has 5 rings (SSSR count). The number of hydrogen-bond acceptors (Lipinski definition) is 3. The number of aromatic nitrogens is 3. The molecule has 6 nitrogen and oxygen atoms in total. The van der Waals surface area contributed by atoms with Crippen molar-refractivity contribution in [2.75, 3.05) is 13.1 Å². The van der Waals surface area contributed by atoms with Crippen LogP contribution < -0.4 is 5.56 Å². The Balaban J connectivity index is 1.66. The first-order chi connectivity index (χ1) is 13.4. The molecule has 2 aliphatic heterocycles. The van der Waals surface area contributed by atoms with E-state index in [0.29, 0.717) is 42.2 Å². The highest BCUT2D eigenvalue weighted by molar-refractivity contribution is 5.93. The lowest BCUT2D eigenvalue weighted by molar-refractivity contribution is -0.131. The Morgan fingerprint density at radius 1 is 1.18 bits per heavy atom. The van der Waals surface area contributed by atoms with Crippen molar-refractivity contribution < 1.29 is 9.18 Å². The third-order valence-electron chi connectivity index (χ3n) is 6.09. The first-order valence-corrected chi connectivity index (χ1v) is 9.53. The van der Waals surface area contributed by atoms with Crippen molar-refractivity contribution in [3.05, 3.63) is 52.2 Å². The minimum atomic E-state index is -0.330. The molecule has 0 aliphatic carbocycles. The summed E-state index contributed by atoms with van der Waals surface area (Å²) < 4.78 is 17.4. The van der Waals surface area contributed by atoms with E-state index in [1.807, 2.05) is 22.6 Å². The van der Waals surface area contributed by atoms with E-state index in [0.717, 1.165) is 17.6 Å². The van der Waals surface area contributed by atoms with E-state index in [4.69, 9.17) is 0 Å². The highest BCUT2D eigenvalue weighted by Gasteiger charge is 2.36. The molecule has 0 N–H and O–H groups in total. The third kappa shape index (κ3) is 2.57. The maximum Gasteiger partial charge on any atom is 0.251 e. The fourth-order valence-corrected chi connectivity index (χ4v) is 4.80. The highest BCUT2D eigenvalue weighted by Crippen LogP contribution is 2.37. The lowest BCUT2D eigenvalue weighted by atomic mass is 9.82. The molecule has 0 radical (unpaired) electrons. The number of benzene rings is 1. The van der Waals surface area contributed by atoms with Gasteiger partial charge in [-0.1, -0.05) is 0 Å². The second-order valence-electron chi connectivity index (χ2n) is 7.97. The summed E-state index contributed by atoms with van der Waals surface area (Å²) in [7, 11) is 1.81. The number of fused-ring (bicyclic) bond motifs is 5. The number of hydrogen-bond donors (Lipinski definition) is 0. The van der Waals surface area contributed by atoms with Crippen LogP contribution in [0.25, 0.3) is 22.2 Å². The lowest BCUT2D eigenvalue weighted by Gasteiger charge is -2.42. The Labute approximate surface area is 161 Å². The fraction of sp³-hybridized carbons (Fsp3) is 0.381. The summed E-state index contributed by atoms with van der Waals surface area (Å²) in [5.41, 5.74) is 3.01. The number of rotatable bonds is 1. The monoisotopic (exact) mass is 380 g/mol. The average molecular weight is 380 g/mol. The van der Waals surface area contributed by atoms with Gasteiger partial charge in [-0.05, 0) is 36.6 Å². The number of aryl methyl sites for hydroxylation is 1. The highest BCUT2D eigenvalue weighted by atomic mass is 19.1. The van der Waals surface area contributed by atoms with Crippen molar-refractivity contribution in [3.63, 3.8) is 0 Å². The van der Waals surface area contributed by atoms with Gasteiger partial charge in [0.05, 0.1) is 5.52 Å². The number of likely N-dealkylation sites (tertiary alicyclic amines) is 1. The average Bonchev–Trinajstić information content (AvgIpc) is 2.98. The normalized spacial score (nSPS) is 21.0. The molecular weight excluding hydrogens is 359 g/mol. The van der Waals surface area contributed by atoms with Gasteiger partial charge >= 0.3 is 0 Å². The van der Waals surface area contributed by atoms with Gasteiger partial charge in [0.1, 0.15) is 11.5 Å². The number of amides is 1. The minimum Gasteiger partial charge on any atom is -0.342 e. The molecule has 4 heterocycles. The summed E-state index contributed by atoms with van der Waals surface area (Å²) >= 11 is 0. The molecule has 2 aliphatic rings. The Morgan fingerprint density at radius 3 is 2.79 bits per heavy atom. The Morgan fingerprint density at radius 2 is 2.00 bits per heavy atom. The van der Waals surface area contributed by atoms with Crippen LogP contribution in [0, 0.1) is 11.7 Å². The Kier molecular flexibility index (Phi) is 3.69. The maximum absolute atomic E-state index is 13.8. The van der Waals surface area contributed by atoms with Gasteiger partial charge in [0.2, 0.25) is 5.91 Å². The molecule has 1 amide bonds. The molecule has 0 unspecified atom stereocenters. The number of halogens is 1. The first-order valence-electron chi connectivity index (χ1n) is 9.53. The van der Waals surface area contributed by atoms with Crippen LogP contribution in [-0.2, 0) is 18.4 Å². The molecule has 144 valence electrons. The van der Waals surface area contributed by atoms with Crippen LogP contribution in [0.2, 0.25) is 0 Å². The van der Waals surface area contributed by atoms with Crippen LogP contribution in [0.15, 0.2) is 35.1 Å². The zero-order chi connectivity index (χ0) is 19.6. The number of carbonyl (C=O) groups excluding carboxylic acids is 1. The van der Waals surface area contributed by atoms with E-state index in [1.54, 1.807) is 23.7 Å². The summed E-state index contributed by atoms with van der Waals surface area (Å²) in [6.07, 6.45) is 0.976. The predicted molar refractivity (Wildman–Crippen MR) is 103 cm³/mol. The summed E-state index contributed by atoms with van der Waals surface area (Å²) in [6, 6.07) is 8.17. The zero-order valence-electron chi connectivity index (χ0n) is 15.9. The van der Waals surface area contributed by atoms with Crippen molar-refractivity contribution in [2.45, 2.75) is 25.8 Å². The molecule has 0 saturated carbocycles. The molecular formula is C21H21FN4O2. The third-order valence-corrected chi connectivity index (χ3v) is 6.09. The van der Waals surface area contributed by atoms with E-state index in [1.165, 1.54) is 12.1 Å². The minimum absolute atomic E-state index is 0.0614. The van der Waals surface area contributed by atoms with Gasteiger partial charge in [-0.3, -0.25) is 14.3 Å². The second-order valence-corrected chi connectivity index (χ2v) is 7.97. The molecule has 1 saturated heterocycles. The van der Waals surface area contributed by atoms with Crippen LogP contribution in [-0.4, -0.2) is 38.2 Å². The summed E-state index contributed by atoms with van der Waals surface area (Å²) in [6.45, 7) is 3.57. The number of piperidine rings is 1. The first kappa shape index (κ1) is 17.2. The Hall–Kier alpha value is -2.96. The molecule has 1 aromatic carbocycles. The summed E-state index contributed by atoms with van der Waals surface area (Å²) in [5.74, 6) is 0.190. The zero-order valence-corrected chi connectivity index (χ0v) is 15.9. The lowest BCUT2D eigenvalue weighted by Crippen LogP contribution is -2.48. The van der Waals surface area contributed by atoms with Gasteiger partial charge < -0.3 is 9.47 Å². The van der Waals surface area contributed by atoms with Crippen LogP contribution >= 0.6 is 0 Å². The fourth-order valence-electron chi connectivity index (χ4n) is 4.80. The molecule has 2 atom stereocenters. The van der Waals surface area contributed by atoms with Crippen molar-refractivity contribution in [2.24, 2.45) is 13.0 Å². The topological polar surface area (TPSA) is 60.1 Å². The van der Waals surface area contributed by atoms with E-state index < -0.39 is 0 Å². The molecule has 28 heavy (non-hydrogen) atoms. The largest absolute Gasteiger partial charge is 0.342 e. The van der Waals surface area contributed by atoms with E-state index >= 15 is 0 Å². The van der Waals surface area contributed by atoms with Crippen molar-refractivity contribution in [1.82, 2.24) is 19.2 Å². The summed E-state index contributed by atoms with van der Waals surface area (Å²) in [5, 5.41) is 5.24. The van der Waals surface area contributed by atoms with Crippen LogP contribution in [0.5, 0.6) is 0 Å². The van der Waals surface area contributed by atoms with Crippen molar-refractivity contribution in [1.29, 1.82) is 0 Å². The molecule has 3 aromatic rings. The van der Waals surface area contributed by atoms with Gasteiger partial charge in [-0.15, -0.1) is 0 Å². The van der Waals surface area contributed by atoms with Gasteiger partial charge in [0, 0.05) is 62.2 Å². The number of pyridine rings is 1. The van der Waals surface area contributed by atoms with Gasteiger partial charge in [0.15, 0.2) is 0 Å². The molecule has 1 fully saturated rings. The molecule has 2 bridgehead atoms. The quantitative estimate of drug-likeness (QED) is 0.652. The van der Waals surface area contributed by atoms with Gasteiger partial charge in [-0.25, -0.2) is 4.39 Å². The van der Waals surface area contributed by atoms with E-state index in [2.05, 4.69) is 5.10 Å². The van der Waals surface area contributed by atoms with Crippen LogP contribution in [0.3, 0.4) is 0 Å². The van der Waals surface area contributed by atoms with E-state index in [-0.39, 0.29) is 23.2 Å². The second kappa shape index (κ2) is 6.02. The maximum atomic E-state index is 13.8. The standard InChI is InChI=1S/C21H21FN4O2/c1-12(27)25-9-13-5-15(11-25)19-6-14(7-20(28)26(19)10-13)21-17-8-16(22)3-4-18(17)24(2)23-21/h3-4,6-8,13,15H,5,9-11H2,1-2H3/t13-,15+/m0/s1. The number of nitrogens with zero attached hydrogens (tertiary/aromatic N) is 4. The van der Waals surface area contributed by atoms with Gasteiger partial charge in [0.25, 0.3) is 5.56 Å². The predicted octanol–water partition coefficient (Wildman–Crippen LogP) is 2.51. The van der Waals surface area contributed by atoms with Crippen molar-refractivity contribution in [3.8, 4) is 11.3 Å². The van der Waals surface area contributed by atoms with Crippen molar-refractivity contribution >= 4 is 16.8 Å². The smallest absolute Gasteiger partial charge is 0.251 e. The number of carbonyl (C=O) groups is 1. The van der Waals surface area contributed by atoms with Crippen LogP contribution in [0.4, 0.5) is 4.39 Å². The van der Waals surface area contributed by atoms with Gasteiger partial charge in [-0.2, -0.15) is 5.10 Å².